The zero-order chi connectivity index (χ0) is 18.5. The van der Waals surface area contributed by atoms with E-state index in [0.717, 1.165) is 23.1 Å². The standard InChI is InChI=1S/C25H17N3/c1-2-7-21-18(6-1)16-23-20(8-5-9-22(21)23)17-12-14-19(15-13-17)28-26-24-10-3-4-11-25(24)27-28/h1-15H,16H2. The monoisotopic (exact) mass is 359 g/mol. The van der Waals surface area contributed by atoms with Crippen molar-refractivity contribution in [2.75, 3.05) is 0 Å². The summed E-state index contributed by atoms with van der Waals surface area (Å²) >= 11 is 0. The minimum atomic E-state index is 0.908. The number of benzene rings is 4. The number of fused-ring (bicyclic) bond motifs is 4. The average Bonchev–Trinajstić information content (AvgIpc) is 3.35. The minimum absolute atomic E-state index is 0.908. The van der Waals surface area contributed by atoms with Crippen LogP contribution in [0.15, 0.2) is 91.0 Å². The summed E-state index contributed by atoms with van der Waals surface area (Å²) in [6.45, 7) is 0. The highest BCUT2D eigenvalue weighted by molar-refractivity contribution is 5.84. The molecule has 1 aliphatic rings. The molecule has 0 fully saturated rings. The van der Waals surface area contributed by atoms with Gasteiger partial charge in [-0.15, -0.1) is 10.2 Å². The first-order valence-electron chi connectivity index (χ1n) is 9.50. The molecule has 1 aliphatic carbocycles. The molecule has 3 heteroatoms. The number of nitrogens with zero attached hydrogens (tertiary/aromatic N) is 3. The van der Waals surface area contributed by atoms with Crippen LogP contribution in [0.4, 0.5) is 0 Å². The van der Waals surface area contributed by atoms with Crippen molar-refractivity contribution in [1.82, 2.24) is 15.0 Å². The highest BCUT2D eigenvalue weighted by atomic mass is 15.5. The quantitative estimate of drug-likeness (QED) is 0.399. The van der Waals surface area contributed by atoms with E-state index in [0.29, 0.717) is 0 Å². The molecule has 0 amide bonds. The molecule has 0 unspecified atom stereocenters. The van der Waals surface area contributed by atoms with Gasteiger partial charge in [0, 0.05) is 0 Å². The molecule has 3 nitrogen and oxygen atoms in total. The Morgan fingerprint density at radius 3 is 2.00 bits per heavy atom. The topological polar surface area (TPSA) is 30.7 Å². The average molecular weight is 359 g/mol. The molecule has 4 aromatic carbocycles. The fraction of sp³-hybridized carbons (Fsp3) is 0.0400. The van der Waals surface area contributed by atoms with E-state index in [9.17, 15) is 0 Å². The van der Waals surface area contributed by atoms with E-state index >= 15 is 0 Å². The molecule has 0 radical (unpaired) electrons. The van der Waals surface area contributed by atoms with Crippen molar-refractivity contribution in [1.29, 1.82) is 0 Å². The van der Waals surface area contributed by atoms with Crippen LogP contribution >= 0.6 is 0 Å². The van der Waals surface area contributed by atoms with E-state index in [2.05, 4.69) is 76.9 Å². The lowest BCUT2D eigenvalue weighted by atomic mass is 9.96. The molecule has 6 rings (SSSR count). The van der Waals surface area contributed by atoms with Gasteiger partial charge in [0.05, 0.1) is 5.69 Å². The van der Waals surface area contributed by atoms with E-state index in [-0.39, 0.29) is 0 Å². The van der Waals surface area contributed by atoms with Crippen LogP contribution in [0.25, 0.3) is 39.0 Å². The molecule has 0 bridgehead atoms. The van der Waals surface area contributed by atoms with E-state index in [1.165, 1.54) is 33.4 Å². The number of rotatable bonds is 2. The second kappa shape index (κ2) is 5.89. The van der Waals surface area contributed by atoms with E-state index in [4.69, 9.17) is 0 Å². The van der Waals surface area contributed by atoms with Crippen LogP contribution in [0.3, 0.4) is 0 Å². The third-order valence-electron chi connectivity index (χ3n) is 5.55. The third kappa shape index (κ3) is 2.30. The molecule has 0 spiro atoms. The van der Waals surface area contributed by atoms with Crippen molar-refractivity contribution in [3.8, 4) is 27.9 Å². The van der Waals surface area contributed by atoms with Crippen molar-refractivity contribution in [3.63, 3.8) is 0 Å². The normalized spacial score (nSPS) is 12.1. The fourth-order valence-corrected chi connectivity index (χ4v) is 4.18. The maximum absolute atomic E-state index is 4.58. The molecular weight excluding hydrogens is 342 g/mol. The first-order chi connectivity index (χ1) is 13.9. The van der Waals surface area contributed by atoms with Crippen molar-refractivity contribution in [2.24, 2.45) is 0 Å². The van der Waals surface area contributed by atoms with Gasteiger partial charge in [0.1, 0.15) is 11.0 Å². The zero-order valence-electron chi connectivity index (χ0n) is 15.2. The summed E-state index contributed by atoms with van der Waals surface area (Å²) in [5.41, 5.74) is 10.9. The second-order valence-electron chi connectivity index (χ2n) is 7.19. The van der Waals surface area contributed by atoms with Crippen LogP contribution in [0, 0.1) is 0 Å². The lowest BCUT2D eigenvalue weighted by Gasteiger charge is -2.09. The molecule has 1 aromatic heterocycles. The summed E-state index contributed by atoms with van der Waals surface area (Å²) in [5.74, 6) is 0. The summed E-state index contributed by atoms with van der Waals surface area (Å²) in [4.78, 5) is 1.71. The Morgan fingerprint density at radius 2 is 1.21 bits per heavy atom. The Kier molecular flexibility index (Phi) is 3.23. The van der Waals surface area contributed by atoms with Crippen LogP contribution in [0.2, 0.25) is 0 Å². The molecular formula is C25H17N3. The maximum Gasteiger partial charge on any atom is 0.113 e. The molecule has 132 valence electrons. The molecule has 28 heavy (non-hydrogen) atoms. The Morgan fingerprint density at radius 1 is 0.571 bits per heavy atom. The van der Waals surface area contributed by atoms with Crippen LogP contribution < -0.4 is 0 Å². The first-order valence-corrected chi connectivity index (χ1v) is 9.50. The summed E-state index contributed by atoms with van der Waals surface area (Å²) < 4.78 is 0. The van der Waals surface area contributed by atoms with Crippen molar-refractivity contribution in [2.45, 2.75) is 6.42 Å². The molecule has 0 saturated heterocycles. The molecule has 0 aliphatic heterocycles. The van der Waals surface area contributed by atoms with Gasteiger partial charge in [0.25, 0.3) is 0 Å². The van der Waals surface area contributed by atoms with E-state index in [1.54, 1.807) is 4.80 Å². The van der Waals surface area contributed by atoms with Gasteiger partial charge in [-0.05, 0) is 64.1 Å². The zero-order valence-corrected chi connectivity index (χ0v) is 15.2. The predicted octanol–water partition coefficient (Wildman–Crippen LogP) is 5.66. The summed E-state index contributed by atoms with van der Waals surface area (Å²) in [5, 5.41) is 9.15. The van der Waals surface area contributed by atoms with Crippen LogP contribution in [-0.4, -0.2) is 15.0 Å². The number of hydrogen-bond acceptors (Lipinski definition) is 2. The highest BCUT2D eigenvalue weighted by Crippen LogP contribution is 2.41. The highest BCUT2D eigenvalue weighted by Gasteiger charge is 2.20. The lowest BCUT2D eigenvalue weighted by Crippen LogP contribution is -1.98. The van der Waals surface area contributed by atoms with Gasteiger partial charge >= 0.3 is 0 Å². The minimum Gasteiger partial charge on any atom is -0.150 e. The van der Waals surface area contributed by atoms with Gasteiger partial charge in [0.2, 0.25) is 0 Å². The van der Waals surface area contributed by atoms with Gasteiger partial charge in [0.15, 0.2) is 0 Å². The van der Waals surface area contributed by atoms with Crippen LogP contribution in [0.5, 0.6) is 0 Å². The molecule has 5 aromatic rings. The summed E-state index contributed by atoms with van der Waals surface area (Å²) in [6, 6.07) is 31.8. The smallest absolute Gasteiger partial charge is 0.113 e. The largest absolute Gasteiger partial charge is 0.150 e. The van der Waals surface area contributed by atoms with Crippen molar-refractivity contribution in [3.05, 3.63) is 102 Å². The molecule has 0 N–H and O–H groups in total. The Bertz CT molecular complexity index is 1300. The van der Waals surface area contributed by atoms with E-state index < -0.39 is 0 Å². The van der Waals surface area contributed by atoms with E-state index in [1.807, 2.05) is 24.3 Å². The third-order valence-corrected chi connectivity index (χ3v) is 5.55. The van der Waals surface area contributed by atoms with Crippen LogP contribution in [-0.2, 0) is 6.42 Å². The van der Waals surface area contributed by atoms with Gasteiger partial charge < -0.3 is 0 Å². The second-order valence-corrected chi connectivity index (χ2v) is 7.19. The van der Waals surface area contributed by atoms with Crippen molar-refractivity contribution >= 4 is 11.0 Å². The Labute approximate surface area is 162 Å². The lowest BCUT2D eigenvalue weighted by molar-refractivity contribution is 0.766. The number of hydrogen-bond donors (Lipinski definition) is 0. The molecule has 0 atom stereocenters. The number of aromatic nitrogens is 3. The van der Waals surface area contributed by atoms with Crippen molar-refractivity contribution < 1.29 is 0 Å². The fourth-order valence-electron chi connectivity index (χ4n) is 4.18. The van der Waals surface area contributed by atoms with Crippen LogP contribution in [0.1, 0.15) is 11.1 Å². The Hall–Kier alpha value is -3.72. The maximum atomic E-state index is 4.58. The Balaban J connectivity index is 1.41. The first kappa shape index (κ1) is 15.3. The summed E-state index contributed by atoms with van der Waals surface area (Å²) in [6.07, 6.45) is 0.996. The van der Waals surface area contributed by atoms with Gasteiger partial charge in [-0.25, -0.2) is 0 Å². The SMILES string of the molecule is c1ccc2c(c1)Cc1c(-c3ccc(-n4nc5ccccc5n4)cc3)cccc1-2. The summed E-state index contributed by atoms with van der Waals surface area (Å²) in [7, 11) is 0. The van der Waals surface area contributed by atoms with Gasteiger partial charge in [-0.3, -0.25) is 0 Å². The molecule has 1 heterocycles. The molecule has 0 saturated carbocycles. The van der Waals surface area contributed by atoms with Gasteiger partial charge in [-0.1, -0.05) is 66.7 Å². The predicted molar refractivity (Wildman–Crippen MR) is 113 cm³/mol. The van der Waals surface area contributed by atoms with Gasteiger partial charge in [-0.2, -0.15) is 4.80 Å².